The second-order valence-electron chi connectivity index (χ2n) is 5.80. The van der Waals surface area contributed by atoms with Gasteiger partial charge in [0.15, 0.2) is 5.79 Å². The van der Waals surface area contributed by atoms with Gasteiger partial charge >= 0.3 is 0 Å². The van der Waals surface area contributed by atoms with Gasteiger partial charge in [0.1, 0.15) is 0 Å². The van der Waals surface area contributed by atoms with Crippen LogP contribution in [0.1, 0.15) is 24.0 Å². The second kappa shape index (κ2) is 5.35. The Morgan fingerprint density at radius 3 is 2.52 bits per heavy atom. The fourth-order valence-corrected chi connectivity index (χ4v) is 4.51. The molecule has 0 saturated carbocycles. The summed E-state index contributed by atoms with van der Waals surface area (Å²) in [5.74, 6) is -0.731. The predicted octanol–water partition coefficient (Wildman–Crippen LogP) is 1.83. The first-order chi connectivity index (χ1) is 9.93. The van der Waals surface area contributed by atoms with Crippen molar-refractivity contribution in [2.24, 2.45) is 0 Å². The third-order valence-corrected chi connectivity index (χ3v) is 6.15. The van der Waals surface area contributed by atoms with Crippen molar-refractivity contribution in [1.82, 2.24) is 4.31 Å². The van der Waals surface area contributed by atoms with Gasteiger partial charge in [0, 0.05) is 13.0 Å². The van der Waals surface area contributed by atoms with Crippen LogP contribution in [0, 0.1) is 13.8 Å². The molecule has 5 nitrogen and oxygen atoms in total. The molecule has 0 unspecified atom stereocenters. The summed E-state index contributed by atoms with van der Waals surface area (Å²) in [7, 11) is -3.49. The van der Waals surface area contributed by atoms with Gasteiger partial charge < -0.3 is 9.47 Å². The van der Waals surface area contributed by atoms with Crippen molar-refractivity contribution in [3.05, 3.63) is 29.3 Å². The maximum Gasteiger partial charge on any atom is 0.243 e. The van der Waals surface area contributed by atoms with E-state index in [-0.39, 0.29) is 6.54 Å². The van der Waals surface area contributed by atoms with Gasteiger partial charge in [-0.25, -0.2) is 8.42 Å². The molecular formula is C15H21NO4S. The van der Waals surface area contributed by atoms with Crippen molar-refractivity contribution in [2.45, 2.75) is 37.4 Å². The molecule has 2 heterocycles. The van der Waals surface area contributed by atoms with E-state index < -0.39 is 15.8 Å². The van der Waals surface area contributed by atoms with Gasteiger partial charge in [-0.15, -0.1) is 0 Å². The third kappa shape index (κ3) is 2.73. The highest BCUT2D eigenvalue weighted by Crippen LogP contribution is 2.33. The molecule has 1 aromatic rings. The quantitative estimate of drug-likeness (QED) is 0.836. The first-order valence-electron chi connectivity index (χ1n) is 7.28. The molecule has 21 heavy (non-hydrogen) atoms. The van der Waals surface area contributed by atoms with Crippen molar-refractivity contribution >= 4 is 10.0 Å². The lowest BCUT2D eigenvalue weighted by Gasteiger charge is -2.37. The summed E-state index contributed by atoms with van der Waals surface area (Å²) in [6.45, 7) is 5.78. The van der Waals surface area contributed by atoms with Gasteiger partial charge in [-0.2, -0.15) is 4.31 Å². The number of ether oxygens (including phenoxy) is 2. The molecular weight excluding hydrogens is 290 g/mol. The Labute approximate surface area is 125 Å². The van der Waals surface area contributed by atoms with E-state index in [0.717, 1.165) is 24.0 Å². The Kier molecular flexibility index (Phi) is 3.81. The summed E-state index contributed by atoms with van der Waals surface area (Å²) in [6.07, 6.45) is 1.51. The fraction of sp³-hybridized carbons (Fsp3) is 0.600. The molecule has 0 amide bonds. The van der Waals surface area contributed by atoms with E-state index >= 15 is 0 Å². The molecule has 0 bridgehead atoms. The van der Waals surface area contributed by atoms with Gasteiger partial charge in [0.2, 0.25) is 10.0 Å². The van der Waals surface area contributed by atoms with Crippen LogP contribution in [0.15, 0.2) is 23.1 Å². The molecule has 0 radical (unpaired) electrons. The van der Waals surface area contributed by atoms with E-state index in [1.54, 1.807) is 12.1 Å². The zero-order valence-corrected chi connectivity index (χ0v) is 13.3. The minimum absolute atomic E-state index is 0.280. The van der Waals surface area contributed by atoms with Crippen molar-refractivity contribution < 1.29 is 17.9 Å². The lowest BCUT2D eigenvalue weighted by molar-refractivity contribution is -0.179. The molecule has 0 aromatic heterocycles. The van der Waals surface area contributed by atoms with E-state index in [1.165, 1.54) is 4.31 Å². The molecule has 2 fully saturated rings. The maximum absolute atomic E-state index is 12.8. The second-order valence-corrected chi connectivity index (χ2v) is 7.73. The smallest absolute Gasteiger partial charge is 0.243 e. The molecule has 2 saturated heterocycles. The largest absolute Gasteiger partial charge is 0.346 e. The lowest BCUT2D eigenvalue weighted by Crippen LogP contribution is -2.50. The fourth-order valence-electron chi connectivity index (χ4n) is 2.91. The monoisotopic (exact) mass is 311 g/mol. The zero-order chi connectivity index (χ0) is 15.1. The molecule has 3 rings (SSSR count). The highest BCUT2D eigenvalue weighted by Gasteiger charge is 2.44. The van der Waals surface area contributed by atoms with Crippen molar-refractivity contribution in [1.29, 1.82) is 0 Å². The molecule has 2 aliphatic heterocycles. The summed E-state index contributed by atoms with van der Waals surface area (Å²) in [6, 6.07) is 5.27. The van der Waals surface area contributed by atoms with Crippen molar-refractivity contribution in [2.75, 3.05) is 26.3 Å². The van der Waals surface area contributed by atoms with Gasteiger partial charge in [-0.05, 0) is 43.5 Å². The van der Waals surface area contributed by atoms with Gasteiger partial charge in [0.25, 0.3) is 0 Å². The zero-order valence-electron chi connectivity index (χ0n) is 12.5. The first-order valence-corrected chi connectivity index (χ1v) is 8.72. The van der Waals surface area contributed by atoms with Crippen LogP contribution in [0.5, 0.6) is 0 Å². The molecule has 1 aromatic carbocycles. The van der Waals surface area contributed by atoms with Gasteiger partial charge in [0.05, 0.1) is 24.7 Å². The highest BCUT2D eigenvalue weighted by atomic mass is 32.2. The van der Waals surface area contributed by atoms with Gasteiger partial charge in [-0.3, -0.25) is 0 Å². The first kappa shape index (κ1) is 15.0. The van der Waals surface area contributed by atoms with E-state index in [2.05, 4.69) is 0 Å². The molecule has 6 heteroatoms. The normalized spacial score (nSPS) is 22.8. The number of hydrogen-bond donors (Lipinski definition) is 0. The van der Waals surface area contributed by atoms with Crippen LogP contribution in [0.2, 0.25) is 0 Å². The molecule has 2 aliphatic rings. The van der Waals surface area contributed by atoms with Crippen LogP contribution >= 0.6 is 0 Å². The Morgan fingerprint density at radius 1 is 1.14 bits per heavy atom. The molecule has 0 aliphatic carbocycles. The lowest BCUT2D eigenvalue weighted by atomic mass is 10.1. The molecule has 1 spiro atoms. The van der Waals surface area contributed by atoms with E-state index in [1.807, 2.05) is 19.9 Å². The maximum atomic E-state index is 12.8. The summed E-state index contributed by atoms with van der Waals surface area (Å²) < 4.78 is 38.4. The number of benzene rings is 1. The van der Waals surface area contributed by atoms with Crippen LogP contribution in [-0.2, 0) is 19.5 Å². The minimum Gasteiger partial charge on any atom is -0.346 e. The number of piperidine rings is 1. The molecule has 116 valence electrons. The van der Waals surface area contributed by atoms with E-state index in [4.69, 9.17) is 9.47 Å². The SMILES string of the molecule is Cc1ccc(S(=O)(=O)N2CCCC3(C2)OCCO3)cc1C. The minimum atomic E-state index is -3.49. The summed E-state index contributed by atoms with van der Waals surface area (Å²) in [5, 5.41) is 0. The summed E-state index contributed by atoms with van der Waals surface area (Å²) in [5.41, 5.74) is 2.07. The standard InChI is InChI=1S/C15H21NO4S/c1-12-4-5-14(10-13(12)2)21(17,18)16-7-3-6-15(11-16)19-8-9-20-15/h4-5,10H,3,6-9,11H2,1-2H3. The van der Waals surface area contributed by atoms with Crippen LogP contribution in [0.3, 0.4) is 0 Å². The number of sulfonamides is 1. The van der Waals surface area contributed by atoms with Crippen molar-refractivity contribution in [3.8, 4) is 0 Å². The number of rotatable bonds is 2. The number of aryl methyl sites for hydroxylation is 2. The third-order valence-electron chi connectivity index (χ3n) is 4.31. The Bertz CT molecular complexity index is 635. The predicted molar refractivity (Wildman–Crippen MR) is 78.5 cm³/mol. The highest BCUT2D eigenvalue weighted by molar-refractivity contribution is 7.89. The van der Waals surface area contributed by atoms with Crippen molar-refractivity contribution in [3.63, 3.8) is 0 Å². The van der Waals surface area contributed by atoms with Gasteiger partial charge in [-0.1, -0.05) is 6.07 Å². The molecule has 0 atom stereocenters. The number of nitrogens with zero attached hydrogens (tertiary/aromatic N) is 1. The Hall–Kier alpha value is -0.950. The molecule has 0 N–H and O–H groups in total. The van der Waals surface area contributed by atoms with Crippen LogP contribution in [-0.4, -0.2) is 44.8 Å². The average Bonchev–Trinajstić information content (AvgIpc) is 2.89. The van der Waals surface area contributed by atoms with Crippen LogP contribution in [0.25, 0.3) is 0 Å². The average molecular weight is 311 g/mol. The Balaban J connectivity index is 1.88. The summed E-state index contributed by atoms with van der Waals surface area (Å²) in [4.78, 5) is 0.348. The van der Waals surface area contributed by atoms with E-state index in [0.29, 0.717) is 24.7 Å². The topological polar surface area (TPSA) is 55.8 Å². The number of hydrogen-bond acceptors (Lipinski definition) is 4. The Morgan fingerprint density at radius 2 is 1.86 bits per heavy atom. The summed E-state index contributed by atoms with van der Waals surface area (Å²) >= 11 is 0. The van der Waals surface area contributed by atoms with Crippen LogP contribution in [0.4, 0.5) is 0 Å². The van der Waals surface area contributed by atoms with E-state index in [9.17, 15) is 8.42 Å². The van der Waals surface area contributed by atoms with Crippen LogP contribution < -0.4 is 0 Å².